The minimum Gasteiger partial charge on any atom is -0.494 e. The summed E-state index contributed by atoms with van der Waals surface area (Å²) < 4.78 is 23.8. The number of carbonyl (C=O) groups is 1. The van der Waals surface area contributed by atoms with Gasteiger partial charge in [0.15, 0.2) is 28.7 Å². The molecule has 0 amide bonds. The van der Waals surface area contributed by atoms with Crippen molar-refractivity contribution < 1.29 is 23.6 Å². The Bertz CT molecular complexity index is 927. The predicted octanol–water partition coefficient (Wildman–Crippen LogP) is 3.22. The Balaban J connectivity index is 2.00. The van der Waals surface area contributed by atoms with Crippen molar-refractivity contribution in [1.82, 2.24) is 10.1 Å². The summed E-state index contributed by atoms with van der Waals surface area (Å²) in [6.45, 7) is 0.396. The van der Waals surface area contributed by atoms with Crippen LogP contribution in [0.1, 0.15) is 15.9 Å². The summed E-state index contributed by atoms with van der Waals surface area (Å²) in [6, 6.07) is 7.63. The fourth-order valence-electron chi connectivity index (χ4n) is 2.57. The number of halogens is 1. The van der Waals surface area contributed by atoms with E-state index in [0.29, 0.717) is 12.1 Å². The van der Waals surface area contributed by atoms with E-state index in [4.69, 9.17) is 9.26 Å². The number of ether oxygens (including phenoxy) is 1. The van der Waals surface area contributed by atoms with Gasteiger partial charge in [-0.3, -0.25) is 4.98 Å². The molecule has 134 valence electrons. The number of carboxylic acid groups (broad SMARTS) is 1. The van der Waals surface area contributed by atoms with Gasteiger partial charge in [0.2, 0.25) is 0 Å². The second kappa shape index (κ2) is 7.22. The Morgan fingerprint density at radius 3 is 2.85 bits per heavy atom. The fraction of sp³-hybridized carbons (Fsp3) is 0.167. The van der Waals surface area contributed by atoms with E-state index in [1.807, 2.05) is 6.07 Å². The third-order valence-corrected chi connectivity index (χ3v) is 3.81. The average Bonchev–Trinajstić information content (AvgIpc) is 3.08. The monoisotopic (exact) mass is 357 g/mol. The van der Waals surface area contributed by atoms with Crippen LogP contribution >= 0.6 is 0 Å². The number of carboxylic acids is 1. The van der Waals surface area contributed by atoms with E-state index in [0.717, 1.165) is 5.56 Å². The van der Waals surface area contributed by atoms with Crippen LogP contribution in [-0.2, 0) is 6.54 Å². The number of anilines is 1. The van der Waals surface area contributed by atoms with E-state index in [1.165, 1.54) is 25.3 Å². The van der Waals surface area contributed by atoms with Crippen LogP contribution in [-0.4, -0.2) is 35.4 Å². The van der Waals surface area contributed by atoms with Crippen molar-refractivity contribution in [2.24, 2.45) is 0 Å². The minimum atomic E-state index is -1.20. The van der Waals surface area contributed by atoms with Crippen LogP contribution in [0.25, 0.3) is 11.3 Å². The summed E-state index contributed by atoms with van der Waals surface area (Å²) in [5.41, 5.74) is 1.14. The fourth-order valence-corrected chi connectivity index (χ4v) is 2.57. The van der Waals surface area contributed by atoms with Gasteiger partial charge in [-0.15, -0.1) is 0 Å². The van der Waals surface area contributed by atoms with Crippen LogP contribution in [0.4, 0.5) is 10.2 Å². The molecule has 0 atom stereocenters. The van der Waals surface area contributed by atoms with Gasteiger partial charge in [-0.25, -0.2) is 9.18 Å². The number of nitrogens with zero attached hydrogens (tertiary/aromatic N) is 3. The molecule has 3 rings (SSSR count). The first kappa shape index (κ1) is 17.4. The van der Waals surface area contributed by atoms with Gasteiger partial charge >= 0.3 is 5.97 Å². The van der Waals surface area contributed by atoms with Crippen LogP contribution in [0.3, 0.4) is 0 Å². The standard InChI is InChI=1S/C18H16FN3O4/c1-22(10-11-4-3-7-20-9-11)17-15(18(23)24)16(26-21-17)12-5-6-13(19)14(8-12)25-2/h3-9H,10H2,1-2H3,(H,23,24). The number of aromatic nitrogens is 2. The molecule has 3 aromatic rings. The lowest BCUT2D eigenvalue weighted by molar-refractivity contribution is 0.0698. The highest BCUT2D eigenvalue weighted by atomic mass is 19.1. The van der Waals surface area contributed by atoms with E-state index in [1.54, 1.807) is 30.4 Å². The molecule has 0 spiro atoms. The molecule has 1 aromatic carbocycles. The van der Waals surface area contributed by atoms with E-state index >= 15 is 0 Å². The number of aromatic carboxylic acids is 1. The first-order valence-corrected chi connectivity index (χ1v) is 7.68. The summed E-state index contributed by atoms with van der Waals surface area (Å²) in [6.07, 6.45) is 3.34. The van der Waals surface area contributed by atoms with Gasteiger partial charge in [-0.05, 0) is 29.8 Å². The van der Waals surface area contributed by atoms with Crippen LogP contribution in [0, 0.1) is 5.82 Å². The van der Waals surface area contributed by atoms with Gasteiger partial charge in [0.05, 0.1) is 7.11 Å². The summed E-state index contributed by atoms with van der Waals surface area (Å²) in [4.78, 5) is 17.5. The van der Waals surface area contributed by atoms with Crippen molar-refractivity contribution in [2.45, 2.75) is 6.54 Å². The Kier molecular flexibility index (Phi) is 4.83. The third kappa shape index (κ3) is 3.34. The normalized spacial score (nSPS) is 10.6. The topological polar surface area (TPSA) is 88.7 Å². The number of pyridine rings is 1. The van der Waals surface area contributed by atoms with Crippen molar-refractivity contribution in [3.8, 4) is 17.1 Å². The molecular formula is C18H16FN3O4. The smallest absolute Gasteiger partial charge is 0.343 e. The Labute approximate surface area is 148 Å². The Morgan fingerprint density at radius 1 is 1.38 bits per heavy atom. The zero-order valence-corrected chi connectivity index (χ0v) is 14.1. The molecule has 0 fully saturated rings. The number of hydrogen-bond donors (Lipinski definition) is 1. The van der Waals surface area contributed by atoms with Crippen LogP contribution < -0.4 is 9.64 Å². The number of hydrogen-bond acceptors (Lipinski definition) is 6. The lowest BCUT2D eigenvalue weighted by Gasteiger charge is -2.16. The van der Waals surface area contributed by atoms with Gasteiger partial charge in [0, 0.05) is 31.5 Å². The second-order valence-electron chi connectivity index (χ2n) is 5.58. The molecule has 0 bridgehead atoms. The maximum Gasteiger partial charge on any atom is 0.343 e. The zero-order valence-electron chi connectivity index (χ0n) is 14.1. The van der Waals surface area contributed by atoms with E-state index < -0.39 is 11.8 Å². The van der Waals surface area contributed by atoms with Crippen LogP contribution in [0.15, 0.2) is 47.2 Å². The molecule has 0 radical (unpaired) electrons. The van der Waals surface area contributed by atoms with Crippen molar-refractivity contribution in [3.05, 3.63) is 59.7 Å². The third-order valence-electron chi connectivity index (χ3n) is 3.81. The first-order chi connectivity index (χ1) is 12.5. The number of methoxy groups -OCH3 is 1. The molecule has 26 heavy (non-hydrogen) atoms. The quantitative estimate of drug-likeness (QED) is 0.724. The lowest BCUT2D eigenvalue weighted by Crippen LogP contribution is -2.19. The molecule has 0 aliphatic carbocycles. The molecule has 0 saturated carbocycles. The highest BCUT2D eigenvalue weighted by molar-refractivity contribution is 5.99. The summed E-state index contributed by atoms with van der Waals surface area (Å²) in [5, 5.41) is 13.6. The number of rotatable bonds is 6. The molecule has 0 aliphatic heterocycles. The summed E-state index contributed by atoms with van der Waals surface area (Å²) >= 11 is 0. The van der Waals surface area contributed by atoms with Gasteiger partial charge < -0.3 is 19.3 Å². The molecule has 2 aromatic heterocycles. The largest absolute Gasteiger partial charge is 0.494 e. The molecule has 1 N–H and O–H groups in total. The van der Waals surface area contributed by atoms with Crippen molar-refractivity contribution in [2.75, 3.05) is 19.1 Å². The van der Waals surface area contributed by atoms with Crippen LogP contribution in [0.5, 0.6) is 5.75 Å². The lowest BCUT2D eigenvalue weighted by atomic mass is 10.1. The second-order valence-corrected chi connectivity index (χ2v) is 5.58. The van der Waals surface area contributed by atoms with E-state index in [-0.39, 0.29) is 22.9 Å². The van der Waals surface area contributed by atoms with E-state index in [2.05, 4.69) is 10.1 Å². The Morgan fingerprint density at radius 2 is 2.19 bits per heavy atom. The molecular weight excluding hydrogens is 341 g/mol. The molecule has 2 heterocycles. The van der Waals surface area contributed by atoms with Gasteiger partial charge in [-0.1, -0.05) is 11.2 Å². The molecule has 0 aliphatic rings. The maximum atomic E-state index is 13.6. The number of benzene rings is 1. The summed E-state index contributed by atoms with van der Waals surface area (Å²) in [5.74, 6) is -1.57. The zero-order chi connectivity index (χ0) is 18.7. The molecule has 0 saturated heterocycles. The van der Waals surface area contributed by atoms with Crippen molar-refractivity contribution >= 4 is 11.8 Å². The van der Waals surface area contributed by atoms with E-state index in [9.17, 15) is 14.3 Å². The highest BCUT2D eigenvalue weighted by Crippen LogP contribution is 2.34. The van der Waals surface area contributed by atoms with Crippen LogP contribution in [0.2, 0.25) is 0 Å². The minimum absolute atomic E-state index is 0.0134. The maximum absolute atomic E-state index is 13.6. The van der Waals surface area contributed by atoms with Crippen molar-refractivity contribution in [1.29, 1.82) is 0 Å². The summed E-state index contributed by atoms with van der Waals surface area (Å²) in [7, 11) is 3.03. The van der Waals surface area contributed by atoms with Crippen molar-refractivity contribution in [3.63, 3.8) is 0 Å². The van der Waals surface area contributed by atoms with Gasteiger partial charge in [0.1, 0.15) is 0 Å². The molecule has 8 heteroatoms. The van der Waals surface area contributed by atoms with Gasteiger partial charge in [-0.2, -0.15) is 0 Å². The highest BCUT2D eigenvalue weighted by Gasteiger charge is 2.26. The predicted molar refractivity (Wildman–Crippen MR) is 91.8 cm³/mol. The van der Waals surface area contributed by atoms with Gasteiger partial charge in [0.25, 0.3) is 0 Å². The molecule has 0 unspecified atom stereocenters. The average molecular weight is 357 g/mol. The Hall–Kier alpha value is -3.42. The molecule has 7 nitrogen and oxygen atoms in total. The first-order valence-electron chi connectivity index (χ1n) is 7.68. The SMILES string of the molecule is COc1cc(-c2onc(N(C)Cc3cccnc3)c2C(=O)O)ccc1F.